The summed E-state index contributed by atoms with van der Waals surface area (Å²) in [6, 6.07) is 4.96. The first-order valence-electron chi connectivity index (χ1n) is 4.65. The number of benzene rings is 1. The number of ether oxygens (including phenoxy) is 1. The van der Waals surface area contributed by atoms with Gasteiger partial charge in [-0.1, -0.05) is 17.2 Å². The lowest BCUT2D eigenvalue weighted by molar-refractivity contribution is 0.112. The molecule has 0 aliphatic rings. The van der Waals surface area contributed by atoms with Gasteiger partial charge in [0.1, 0.15) is 12.0 Å². The van der Waals surface area contributed by atoms with Gasteiger partial charge in [0, 0.05) is 12.0 Å². The fraction of sp³-hybridized carbons (Fsp3) is 0.250. The summed E-state index contributed by atoms with van der Waals surface area (Å²) >= 11 is 5.92. The lowest BCUT2D eigenvalue weighted by atomic mass is 10.2. The molecule has 1 aromatic carbocycles. The molecule has 0 saturated carbocycles. The maximum Gasteiger partial charge on any atom is 0.150 e. The second kappa shape index (κ2) is 5.56. The summed E-state index contributed by atoms with van der Waals surface area (Å²) < 4.78 is 5.44. The molecule has 0 N–H and O–H groups in total. The van der Waals surface area contributed by atoms with Crippen molar-refractivity contribution in [2.45, 2.75) is 13.3 Å². The predicted octanol–water partition coefficient (Wildman–Crippen LogP) is 3.50. The van der Waals surface area contributed by atoms with Gasteiger partial charge in [0.2, 0.25) is 0 Å². The Morgan fingerprint density at radius 2 is 2.33 bits per heavy atom. The molecule has 3 heteroatoms. The molecule has 1 rings (SSSR count). The van der Waals surface area contributed by atoms with Crippen LogP contribution in [0.2, 0.25) is 5.02 Å². The van der Waals surface area contributed by atoms with Crippen LogP contribution in [0.1, 0.15) is 23.7 Å². The average molecular weight is 225 g/mol. The lowest BCUT2D eigenvalue weighted by Gasteiger charge is -2.07. The SMILES string of the molecule is C=C(C)CCOc1ccc(C=O)cc1Cl. The molecule has 0 radical (unpaired) electrons. The molecule has 0 fully saturated rings. The normalized spacial score (nSPS) is 9.73. The average Bonchev–Trinajstić information content (AvgIpc) is 2.20. The fourth-order valence-electron chi connectivity index (χ4n) is 1.04. The Morgan fingerprint density at radius 3 is 2.87 bits per heavy atom. The van der Waals surface area contributed by atoms with Gasteiger partial charge in [0.15, 0.2) is 0 Å². The Kier molecular flexibility index (Phi) is 4.37. The van der Waals surface area contributed by atoms with E-state index in [4.69, 9.17) is 16.3 Å². The van der Waals surface area contributed by atoms with Gasteiger partial charge in [0.25, 0.3) is 0 Å². The third-order valence-electron chi connectivity index (χ3n) is 1.88. The molecule has 0 aliphatic carbocycles. The van der Waals surface area contributed by atoms with Crippen LogP contribution in [-0.2, 0) is 0 Å². The summed E-state index contributed by atoms with van der Waals surface area (Å²) in [5, 5.41) is 0.460. The Morgan fingerprint density at radius 1 is 1.60 bits per heavy atom. The lowest BCUT2D eigenvalue weighted by Crippen LogP contribution is -1.98. The highest BCUT2D eigenvalue weighted by Gasteiger charge is 2.02. The molecule has 0 saturated heterocycles. The van der Waals surface area contributed by atoms with E-state index in [0.717, 1.165) is 18.3 Å². The molecular formula is C12H13ClO2. The highest BCUT2D eigenvalue weighted by molar-refractivity contribution is 6.32. The van der Waals surface area contributed by atoms with E-state index < -0.39 is 0 Å². The van der Waals surface area contributed by atoms with Gasteiger partial charge in [-0.2, -0.15) is 0 Å². The molecule has 0 heterocycles. The number of rotatable bonds is 5. The van der Waals surface area contributed by atoms with Crippen molar-refractivity contribution in [3.8, 4) is 5.75 Å². The van der Waals surface area contributed by atoms with E-state index in [1.54, 1.807) is 18.2 Å². The van der Waals surface area contributed by atoms with Crippen LogP contribution in [-0.4, -0.2) is 12.9 Å². The summed E-state index contributed by atoms with van der Waals surface area (Å²) in [5.41, 5.74) is 1.61. The van der Waals surface area contributed by atoms with Gasteiger partial charge >= 0.3 is 0 Å². The van der Waals surface area contributed by atoms with Crippen LogP contribution < -0.4 is 4.74 Å². The highest BCUT2D eigenvalue weighted by Crippen LogP contribution is 2.25. The van der Waals surface area contributed by atoms with Crippen molar-refractivity contribution in [3.05, 3.63) is 40.9 Å². The Balaban J connectivity index is 2.62. The molecule has 0 bridgehead atoms. The molecule has 1 aromatic rings. The van der Waals surface area contributed by atoms with Crippen LogP contribution in [0, 0.1) is 0 Å². The number of hydrogen-bond donors (Lipinski definition) is 0. The zero-order chi connectivity index (χ0) is 11.3. The second-order valence-electron chi connectivity index (χ2n) is 3.36. The van der Waals surface area contributed by atoms with Crippen LogP contribution in [0.25, 0.3) is 0 Å². The van der Waals surface area contributed by atoms with E-state index in [9.17, 15) is 4.79 Å². The van der Waals surface area contributed by atoms with Gasteiger partial charge < -0.3 is 4.74 Å². The quantitative estimate of drug-likeness (QED) is 0.565. The van der Waals surface area contributed by atoms with Crippen LogP contribution in [0.4, 0.5) is 0 Å². The molecule has 0 unspecified atom stereocenters. The van der Waals surface area contributed by atoms with Gasteiger partial charge in [-0.25, -0.2) is 0 Å². The zero-order valence-electron chi connectivity index (χ0n) is 8.63. The largest absolute Gasteiger partial charge is 0.492 e. The van der Waals surface area contributed by atoms with Crippen molar-refractivity contribution >= 4 is 17.9 Å². The van der Waals surface area contributed by atoms with Crippen LogP contribution >= 0.6 is 11.6 Å². The summed E-state index contributed by atoms with van der Waals surface area (Å²) in [5.74, 6) is 0.600. The summed E-state index contributed by atoms with van der Waals surface area (Å²) in [6.45, 7) is 6.27. The summed E-state index contributed by atoms with van der Waals surface area (Å²) in [6.07, 6.45) is 1.55. The number of carbonyl (C=O) groups is 1. The minimum absolute atomic E-state index is 0.460. The minimum atomic E-state index is 0.460. The summed E-state index contributed by atoms with van der Waals surface area (Å²) in [4.78, 5) is 10.5. The highest BCUT2D eigenvalue weighted by atomic mass is 35.5. The Labute approximate surface area is 94.5 Å². The first-order valence-corrected chi connectivity index (χ1v) is 5.03. The third-order valence-corrected chi connectivity index (χ3v) is 2.17. The Hall–Kier alpha value is -1.28. The van der Waals surface area contributed by atoms with Crippen molar-refractivity contribution in [3.63, 3.8) is 0 Å². The first kappa shape index (κ1) is 11.8. The molecular weight excluding hydrogens is 212 g/mol. The van der Waals surface area contributed by atoms with E-state index in [0.29, 0.717) is 22.9 Å². The Bertz CT molecular complexity index is 372. The van der Waals surface area contributed by atoms with E-state index in [-0.39, 0.29) is 0 Å². The fourth-order valence-corrected chi connectivity index (χ4v) is 1.29. The molecule has 15 heavy (non-hydrogen) atoms. The van der Waals surface area contributed by atoms with Crippen molar-refractivity contribution in [1.29, 1.82) is 0 Å². The number of carbonyl (C=O) groups excluding carboxylic acids is 1. The van der Waals surface area contributed by atoms with E-state index in [1.165, 1.54) is 0 Å². The van der Waals surface area contributed by atoms with Gasteiger partial charge in [-0.05, 0) is 25.1 Å². The molecule has 0 amide bonds. The number of halogens is 1. The molecule has 80 valence electrons. The smallest absolute Gasteiger partial charge is 0.150 e. The summed E-state index contributed by atoms with van der Waals surface area (Å²) in [7, 11) is 0. The van der Waals surface area contributed by atoms with Crippen LogP contribution in [0.5, 0.6) is 5.75 Å². The van der Waals surface area contributed by atoms with Crippen LogP contribution in [0.15, 0.2) is 30.4 Å². The molecule has 0 atom stereocenters. The minimum Gasteiger partial charge on any atom is -0.492 e. The van der Waals surface area contributed by atoms with Crippen molar-refractivity contribution < 1.29 is 9.53 Å². The third kappa shape index (κ3) is 3.76. The number of hydrogen-bond acceptors (Lipinski definition) is 2. The van der Waals surface area contributed by atoms with E-state index >= 15 is 0 Å². The first-order chi connectivity index (χ1) is 7.13. The monoisotopic (exact) mass is 224 g/mol. The van der Waals surface area contributed by atoms with Crippen molar-refractivity contribution in [1.82, 2.24) is 0 Å². The molecule has 0 aromatic heterocycles. The van der Waals surface area contributed by atoms with Crippen molar-refractivity contribution in [2.24, 2.45) is 0 Å². The maximum atomic E-state index is 10.5. The second-order valence-corrected chi connectivity index (χ2v) is 3.77. The van der Waals surface area contributed by atoms with Gasteiger partial charge in [0.05, 0.1) is 11.6 Å². The van der Waals surface area contributed by atoms with E-state index in [2.05, 4.69) is 6.58 Å². The van der Waals surface area contributed by atoms with E-state index in [1.807, 2.05) is 6.92 Å². The van der Waals surface area contributed by atoms with Gasteiger partial charge in [-0.15, -0.1) is 6.58 Å². The van der Waals surface area contributed by atoms with Gasteiger partial charge in [-0.3, -0.25) is 4.79 Å². The predicted molar refractivity (Wildman–Crippen MR) is 61.8 cm³/mol. The topological polar surface area (TPSA) is 26.3 Å². The standard InChI is InChI=1S/C12H13ClO2/c1-9(2)5-6-15-12-4-3-10(8-14)7-11(12)13/h3-4,7-8H,1,5-6H2,2H3. The molecule has 0 aliphatic heterocycles. The molecule has 2 nitrogen and oxygen atoms in total. The molecule has 0 spiro atoms. The maximum absolute atomic E-state index is 10.5. The van der Waals surface area contributed by atoms with Crippen molar-refractivity contribution in [2.75, 3.05) is 6.61 Å². The van der Waals surface area contributed by atoms with Crippen LogP contribution in [0.3, 0.4) is 0 Å². The number of aldehydes is 1. The zero-order valence-corrected chi connectivity index (χ0v) is 9.38.